The van der Waals surface area contributed by atoms with Gasteiger partial charge in [-0.1, -0.05) is 12.8 Å². The summed E-state index contributed by atoms with van der Waals surface area (Å²) in [4.78, 5) is 23.8. The third kappa shape index (κ3) is 5.15. The molecule has 0 atom stereocenters. The maximum atomic E-state index is 12.1. The lowest BCUT2D eigenvalue weighted by atomic mass is 10.1. The average molecular weight is 303 g/mol. The third-order valence-corrected chi connectivity index (χ3v) is 3.95. The lowest BCUT2D eigenvalue weighted by Gasteiger charge is -2.12. The number of hydrogen-bond acceptors (Lipinski definition) is 3. The molecular formula is C17H25N3O2. The number of amides is 2. The summed E-state index contributed by atoms with van der Waals surface area (Å²) < 4.78 is 0. The Hall–Kier alpha value is -1.88. The summed E-state index contributed by atoms with van der Waals surface area (Å²) in [7, 11) is 1.87. The molecule has 5 nitrogen and oxygen atoms in total. The molecule has 0 aromatic heterocycles. The summed E-state index contributed by atoms with van der Waals surface area (Å²) in [6, 6.07) is 7.39. The monoisotopic (exact) mass is 303 g/mol. The first kappa shape index (κ1) is 16.5. The molecule has 0 bridgehead atoms. The van der Waals surface area contributed by atoms with Gasteiger partial charge >= 0.3 is 0 Å². The molecule has 1 saturated carbocycles. The first-order valence-electron chi connectivity index (χ1n) is 8.04. The largest absolute Gasteiger partial charge is 0.349 e. The normalized spacial score (nSPS) is 14.8. The van der Waals surface area contributed by atoms with Crippen molar-refractivity contribution in [2.75, 3.05) is 18.9 Å². The lowest BCUT2D eigenvalue weighted by molar-refractivity contribution is -0.116. The highest BCUT2D eigenvalue weighted by Gasteiger charge is 2.17. The molecule has 0 radical (unpaired) electrons. The molecule has 0 aliphatic heterocycles. The molecular weight excluding hydrogens is 278 g/mol. The van der Waals surface area contributed by atoms with Crippen LogP contribution >= 0.6 is 0 Å². The molecule has 0 heterocycles. The Balaban J connectivity index is 1.81. The van der Waals surface area contributed by atoms with Crippen LogP contribution in [0.2, 0.25) is 0 Å². The van der Waals surface area contributed by atoms with Crippen LogP contribution in [0.5, 0.6) is 0 Å². The highest BCUT2D eigenvalue weighted by Crippen LogP contribution is 2.18. The third-order valence-electron chi connectivity index (χ3n) is 3.95. The van der Waals surface area contributed by atoms with Gasteiger partial charge in [0.05, 0.1) is 0 Å². The van der Waals surface area contributed by atoms with Crippen LogP contribution in [0.1, 0.15) is 48.9 Å². The zero-order valence-electron chi connectivity index (χ0n) is 13.2. The van der Waals surface area contributed by atoms with Gasteiger partial charge in [0.2, 0.25) is 5.91 Å². The van der Waals surface area contributed by atoms with E-state index in [-0.39, 0.29) is 11.8 Å². The highest BCUT2D eigenvalue weighted by molar-refractivity contribution is 5.96. The van der Waals surface area contributed by atoms with Crippen molar-refractivity contribution in [1.82, 2.24) is 10.6 Å². The van der Waals surface area contributed by atoms with Crippen LogP contribution in [0.25, 0.3) is 0 Å². The Morgan fingerprint density at radius 1 is 1.14 bits per heavy atom. The summed E-state index contributed by atoms with van der Waals surface area (Å²) in [5, 5.41) is 8.91. The minimum atomic E-state index is -0.0289. The summed E-state index contributed by atoms with van der Waals surface area (Å²) in [5.41, 5.74) is 1.37. The van der Waals surface area contributed by atoms with Gasteiger partial charge in [-0.3, -0.25) is 9.59 Å². The molecule has 3 N–H and O–H groups in total. The van der Waals surface area contributed by atoms with E-state index in [0.29, 0.717) is 18.0 Å². The predicted octanol–water partition coefficient (Wildman–Crippen LogP) is 2.30. The summed E-state index contributed by atoms with van der Waals surface area (Å²) in [6.07, 6.45) is 5.85. The second kappa shape index (κ2) is 8.54. The van der Waals surface area contributed by atoms with Crippen LogP contribution in [0.4, 0.5) is 5.69 Å². The van der Waals surface area contributed by atoms with E-state index in [2.05, 4.69) is 16.0 Å². The summed E-state index contributed by atoms with van der Waals surface area (Å²) in [6.45, 7) is 0.827. The van der Waals surface area contributed by atoms with Crippen molar-refractivity contribution in [3.8, 4) is 0 Å². The van der Waals surface area contributed by atoms with Gasteiger partial charge < -0.3 is 16.0 Å². The topological polar surface area (TPSA) is 70.2 Å². The maximum Gasteiger partial charge on any atom is 0.251 e. The Morgan fingerprint density at radius 3 is 2.45 bits per heavy atom. The van der Waals surface area contributed by atoms with E-state index in [1.807, 2.05) is 7.05 Å². The van der Waals surface area contributed by atoms with Gasteiger partial charge in [-0.05, 0) is 57.1 Å². The van der Waals surface area contributed by atoms with Gasteiger partial charge in [0.15, 0.2) is 0 Å². The highest BCUT2D eigenvalue weighted by atomic mass is 16.2. The van der Waals surface area contributed by atoms with Gasteiger partial charge in [-0.25, -0.2) is 0 Å². The number of hydrogen-bond donors (Lipinski definition) is 3. The molecule has 22 heavy (non-hydrogen) atoms. The Kier molecular flexibility index (Phi) is 6.40. The van der Waals surface area contributed by atoms with Crippen molar-refractivity contribution < 1.29 is 9.59 Å². The second-order valence-corrected chi connectivity index (χ2v) is 5.79. The van der Waals surface area contributed by atoms with Crippen LogP contribution in [0.3, 0.4) is 0 Å². The Bertz CT molecular complexity index is 493. The second-order valence-electron chi connectivity index (χ2n) is 5.79. The SMILES string of the molecule is CNCCCC(=O)Nc1ccc(C(=O)NC2CCCC2)cc1. The zero-order valence-corrected chi connectivity index (χ0v) is 13.2. The molecule has 2 amide bonds. The van der Waals surface area contributed by atoms with Gasteiger partial charge in [0, 0.05) is 23.7 Å². The quantitative estimate of drug-likeness (QED) is 0.677. The number of nitrogens with one attached hydrogen (secondary N) is 3. The van der Waals surface area contributed by atoms with E-state index < -0.39 is 0 Å². The van der Waals surface area contributed by atoms with E-state index in [1.165, 1.54) is 12.8 Å². The maximum absolute atomic E-state index is 12.1. The van der Waals surface area contributed by atoms with Crippen LogP contribution in [-0.2, 0) is 4.79 Å². The van der Waals surface area contributed by atoms with E-state index in [0.717, 1.165) is 31.5 Å². The molecule has 1 aliphatic carbocycles. The van der Waals surface area contributed by atoms with Crippen LogP contribution in [0, 0.1) is 0 Å². The van der Waals surface area contributed by atoms with Crippen molar-refractivity contribution in [1.29, 1.82) is 0 Å². The molecule has 0 unspecified atom stereocenters. The van der Waals surface area contributed by atoms with E-state index in [1.54, 1.807) is 24.3 Å². The van der Waals surface area contributed by atoms with Gasteiger partial charge in [0.1, 0.15) is 0 Å². The van der Waals surface area contributed by atoms with Gasteiger partial charge in [-0.2, -0.15) is 0 Å². The molecule has 1 aromatic rings. The zero-order chi connectivity index (χ0) is 15.8. The molecule has 1 aromatic carbocycles. The number of anilines is 1. The fourth-order valence-corrected chi connectivity index (χ4v) is 2.69. The smallest absolute Gasteiger partial charge is 0.251 e. The fourth-order valence-electron chi connectivity index (χ4n) is 2.69. The van der Waals surface area contributed by atoms with Crippen LogP contribution < -0.4 is 16.0 Å². The van der Waals surface area contributed by atoms with Crippen LogP contribution in [-0.4, -0.2) is 31.4 Å². The lowest BCUT2D eigenvalue weighted by Crippen LogP contribution is -2.32. The summed E-state index contributed by atoms with van der Waals surface area (Å²) in [5.74, 6) is -0.0304. The number of rotatable bonds is 7. The van der Waals surface area contributed by atoms with E-state index >= 15 is 0 Å². The summed E-state index contributed by atoms with van der Waals surface area (Å²) >= 11 is 0. The first-order chi connectivity index (χ1) is 10.7. The van der Waals surface area contributed by atoms with Crippen molar-refractivity contribution >= 4 is 17.5 Å². The standard InChI is InChI=1S/C17H25N3O2/c1-18-12-4-7-16(21)19-15-10-8-13(9-11-15)17(22)20-14-5-2-3-6-14/h8-11,14,18H,2-7,12H2,1H3,(H,19,21)(H,20,22). The van der Waals surface area contributed by atoms with E-state index in [9.17, 15) is 9.59 Å². The van der Waals surface area contributed by atoms with Crippen molar-refractivity contribution in [2.24, 2.45) is 0 Å². The number of carbonyl (C=O) groups excluding carboxylic acids is 2. The molecule has 0 spiro atoms. The van der Waals surface area contributed by atoms with Crippen LogP contribution in [0.15, 0.2) is 24.3 Å². The fraction of sp³-hybridized carbons (Fsp3) is 0.529. The average Bonchev–Trinajstić information content (AvgIpc) is 3.01. The van der Waals surface area contributed by atoms with Gasteiger partial charge in [0.25, 0.3) is 5.91 Å². The molecule has 5 heteroatoms. The molecule has 2 rings (SSSR count). The molecule has 120 valence electrons. The Labute approximate surface area is 131 Å². The van der Waals surface area contributed by atoms with Crippen molar-refractivity contribution in [3.63, 3.8) is 0 Å². The first-order valence-corrected chi connectivity index (χ1v) is 8.04. The molecule has 0 saturated heterocycles. The van der Waals surface area contributed by atoms with Crippen molar-refractivity contribution in [2.45, 2.75) is 44.6 Å². The molecule has 1 aliphatic rings. The Morgan fingerprint density at radius 2 is 1.82 bits per heavy atom. The number of benzene rings is 1. The molecule has 1 fully saturated rings. The predicted molar refractivity (Wildman–Crippen MR) is 88.0 cm³/mol. The van der Waals surface area contributed by atoms with E-state index in [4.69, 9.17) is 0 Å². The van der Waals surface area contributed by atoms with Crippen molar-refractivity contribution in [3.05, 3.63) is 29.8 Å². The minimum Gasteiger partial charge on any atom is -0.349 e. The number of carbonyl (C=O) groups is 2. The van der Waals surface area contributed by atoms with Gasteiger partial charge in [-0.15, -0.1) is 0 Å². The minimum absolute atomic E-state index is 0.00147.